The van der Waals surface area contributed by atoms with Gasteiger partial charge in [0.1, 0.15) is 5.82 Å². The summed E-state index contributed by atoms with van der Waals surface area (Å²) in [6.45, 7) is 0. The summed E-state index contributed by atoms with van der Waals surface area (Å²) in [5, 5.41) is 14.1. The Hall–Kier alpha value is -4.05. The molecule has 0 aliphatic rings. The molecule has 8 nitrogen and oxygen atoms in total. The van der Waals surface area contributed by atoms with Crippen molar-refractivity contribution in [3.8, 4) is 5.69 Å². The van der Waals surface area contributed by atoms with E-state index >= 15 is 0 Å². The van der Waals surface area contributed by atoms with Crippen LogP contribution >= 0.6 is 11.8 Å². The molecule has 32 heavy (non-hydrogen) atoms. The Morgan fingerprint density at radius 1 is 1.06 bits per heavy atom. The third kappa shape index (κ3) is 4.49. The zero-order valence-electron chi connectivity index (χ0n) is 16.4. The van der Waals surface area contributed by atoms with Gasteiger partial charge in [-0.25, -0.2) is 9.37 Å². The van der Waals surface area contributed by atoms with E-state index in [0.29, 0.717) is 22.3 Å². The number of hydrogen-bond acceptors (Lipinski definition) is 6. The molecular weight excluding hydrogens is 435 g/mol. The van der Waals surface area contributed by atoms with Crippen molar-refractivity contribution >= 4 is 39.9 Å². The second kappa shape index (κ2) is 8.98. The van der Waals surface area contributed by atoms with Crippen molar-refractivity contribution in [1.29, 1.82) is 0 Å². The number of benzene rings is 3. The third-order valence-electron chi connectivity index (χ3n) is 4.52. The maximum absolute atomic E-state index is 13.4. The quantitative estimate of drug-likeness (QED) is 0.205. The summed E-state index contributed by atoms with van der Waals surface area (Å²) in [6, 6.07) is 17.7. The van der Waals surface area contributed by atoms with E-state index in [0.717, 1.165) is 11.8 Å². The Balaban J connectivity index is 1.61. The molecule has 0 radical (unpaired) electrons. The van der Waals surface area contributed by atoms with Gasteiger partial charge in [-0.2, -0.15) is 0 Å². The van der Waals surface area contributed by atoms with Crippen LogP contribution in [-0.2, 0) is 4.79 Å². The summed E-state index contributed by atoms with van der Waals surface area (Å²) in [6.07, 6.45) is 0. The molecule has 0 fully saturated rings. The summed E-state index contributed by atoms with van der Waals surface area (Å²) in [5.41, 5.74) is 0.896. The average molecular weight is 450 g/mol. The van der Waals surface area contributed by atoms with Gasteiger partial charge in [0.2, 0.25) is 5.91 Å². The first-order chi connectivity index (χ1) is 15.4. The fourth-order valence-corrected chi connectivity index (χ4v) is 3.83. The normalized spacial score (nSPS) is 10.8. The van der Waals surface area contributed by atoms with Crippen molar-refractivity contribution in [2.45, 2.75) is 5.16 Å². The number of para-hydroxylation sites is 1. The van der Waals surface area contributed by atoms with E-state index in [-0.39, 0.29) is 28.1 Å². The molecule has 0 aliphatic heterocycles. The number of non-ortho nitro benzene ring substituents is 1. The number of anilines is 1. The number of carbonyl (C=O) groups is 1. The highest BCUT2D eigenvalue weighted by molar-refractivity contribution is 7.99. The number of nitrogens with one attached hydrogen (secondary N) is 1. The SMILES string of the molecule is O=C(CSc1nc2ccccc2c(=O)n1-c1ccc(F)cc1)Nc1ccc([N+](=O)[O-])cc1. The van der Waals surface area contributed by atoms with E-state index in [1.807, 2.05) is 0 Å². The molecule has 0 unspecified atom stereocenters. The van der Waals surface area contributed by atoms with Crippen molar-refractivity contribution in [3.63, 3.8) is 0 Å². The summed E-state index contributed by atoms with van der Waals surface area (Å²) >= 11 is 1.05. The topological polar surface area (TPSA) is 107 Å². The lowest BCUT2D eigenvalue weighted by Crippen LogP contribution is -2.23. The first kappa shape index (κ1) is 21.2. The van der Waals surface area contributed by atoms with E-state index in [2.05, 4.69) is 10.3 Å². The molecular formula is C22H15FN4O4S. The Kier molecular flexibility index (Phi) is 5.95. The lowest BCUT2D eigenvalue weighted by molar-refractivity contribution is -0.384. The number of hydrogen-bond donors (Lipinski definition) is 1. The summed E-state index contributed by atoms with van der Waals surface area (Å²) < 4.78 is 14.7. The van der Waals surface area contributed by atoms with Crippen molar-refractivity contribution in [2.24, 2.45) is 0 Å². The molecule has 0 spiro atoms. The number of halogens is 1. The van der Waals surface area contributed by atoms with E-state index in [1.54, 1.807) is 24.3 Å². The fraction of sp³-hybridized carbons (Fsp3) is 0.0455. The van der Waals surface area contributed by atoms with Gasteiger partial charge in [0, 0.05) is 17.8 Å². The van der Waals surface area contributed by atoms with E-state index in [4.69, 9.17) is 0 Å². The van der Waals surface area contributed by atoms with Crippen LogP contribution in [0.5, 0.6) is 0 Å². The Morgan fingerprint density at radius 2 is 1.75 bits per heavy atom. The molecule has 1 N–H and O–H groups in total. The minimum atomic E-state index is -0.526. The van der Waals surface area contributed by atoms with Crippen LogP contribution in [0.2, 0.25) is 0 Å². The molecule has 0 saturated heterocycles. The fourth-order valence-electron chi connectivity index (χ4n) is 3.02. The van der Waals surface area contributed by atoms with Gasteiger partial charge in [0.05, 0.1) is 27.3 Å². The maximum Gasteiger partial charge on any atom is 0.269 e. The third-order valence-corrected chi connectivity index (χ3v) is 5.46. The number of fused-ring (bicyclic) bond motifs is 1. The molecule has 4 rings (SSSR count). The van der Waals surface area contributed by atoms with Crippen LogP contribution in [-0.4, -0.2) is 26.1 Å². The zero-order valence-corrected chi connectivity index (χ0v) is 17.2. The minimum Gasteiger partial charge on any atom is -0.325 e. The molecule has 3 aromatic carbocycles. The van der Waals surface area contributed by atoms with Gasteiger partial charge in [-0.1, -0.05) is 23.9 Å². The smallest absolute Gasteiger partial charge is 0.269 e. The van der Waals surface area contributed by atoms with Crippen LogP contribution in [0.3, 0.4) is 0 Å². The van der Waals surface area contributed by atoms with Gasteiger partial charge >= 0.3 is 0 Å². The van der Waals surface area contributed by atoms with Crippen molar-refractivity contribution < 1.29 is 14.1 Å². The molecule has 1 aromatic heterocycles. The van der Waals surface area contributed by atoms with Gasteiger partial charge in [-0.05, 0) is 48.5 Å². The molecule has 10 heteroatoms. The standard InChI is InChI=1S/C22H15FN4O4S/c23-14-5-9-16(10-6-14)26-21(29)18-3-1-2-4-19(18)25-22(26)32-13-20(28)24-15-7-11-17(12-8-15)27(30)31/h1-12H,13H2,(H,24,28). The van der Waals surface area contributed by atoms with Crippen LogP contribution in [0.15, 0.2) is 82.7 Å². The van der Waals surface area contributed by atoms with Gasteiger partial charge in [-0.15, -0.1) is 0 Å². The van der Waals surface area contributed by atoms with Crippen molar-refractivity contribution in [2.75, 3.05) is 11.1 Å². The average Bonchev–Trinajstić information content (AvgIpc) is 2.79. The van der Waals surface area contributed by atoms with Crippen molar-refractivity contribution in [3.05, 3.63) is 99.1 Å². The van der Waals surface area contributed by atoms with Crippen LogP contribution < -0.4 is 10.9 Å². The lowest BCUT2D eigenvalue weighted by atomic mass is 10.2. The molecule has 0 atom stereocenters. The largest absolute Gasteiger partial charge is 0.325 e. The summed E-state index contributed by atoms with van der Waals surface area (Å²) in [4.78, 5) is 40.3. The highest BCUT2D eigenvalue weighted by atomic mass is 32.2. The monoisotopic (exact) mass is 450 g/mol. The lowest BCUT2D eigenvalue weighted by Gasteiger charge is -2.13. The molecule has 1 amide bonds. The Bertz CT molecular complexity index is 1370. The molecule has 1 heterocycles. The first-order valence-electron chi connectivity index (χ1n) is 9.37. The number of nitrogens with zero attached hydrogens (tertiary/aromatic N) is 3. The second-order valence-corrected chi connectivity index (χ2v) is 7.61. The highest BCUT2D eigenvalue weighted by Crippen LogP contribution is 2.22. The zero-order chi connectivity index (χ0) is 22.7. The van der Waals surface area contributed by atoms with E-state index in [1.165, 1.54) is 53.1 Å². The number of carbonyl (C=O) groups excluding carboxylic acids is 1. The molecule has 160 valence electrons. The Labute approximate surface area is 184 Å². The molecule has 0 aliphatic carbocycles. The summed E-state index contributed by atoms with van der Waals surface area (Å²) in [5.74, 6) is -0.882. The summed E-state index contributed by atoms with van der Waals surface area (Å²) in [7, 11) is 0. The Morgan fingerprint density at radius 3 is 2.44 bits per heavy atom. The van der Waals surface area contributed by atoms with E-state index < -0.39 is 10.7 Å². The number of nitro benzene ring substituents is 1. The minimum absolute atomic E-state index is 0.0665. The number of aromatic nitrogens is 2. The number of nitro groups is 1. The highest BCUT2D eigenvalue weighted by Gasteiger charge is 2.15. The number of rotatable bonds is 6. The van der Waals surface area contributed by atoms with Crippen LogP contribution in [0.1, 0.15) is 0 Å². The van der Waals surface area contributed by atoms with Gasteiger partial charge in [0.25, 0.3) is 11.2 Å². The predicted octanol–water partition coefficient (Wildman–Crippen LogP) is 4.16. The maximum atomic E-state index is 13.4. The van der Waals surface area contributed by atoms with Crippen LogP contribution in [0.25, 0.3) is 16.6 Å². The van der Waals surface area contributed by atoms with E-state index in [9.17, 15) is 24.1 Å². The molecule has 0 saturated carbocycles. The first-order valence-corrected chi connectivity index (χ1v) is 10.4. The number of amides is 1. The van der Waals surface area contributed by atoms with Gasteiger partial charge in [0.15, 0.2) is 5.16 Å². The van der Waals surface area contributed by atoms with Crippen molar-refractivity contribution in [1.82, 2.24) is 9.55 Å². The number of thioether (sulfide) groups is 1. The second-order valence-electron chi connectivity index (χ2n) is 6.67. The molecule has 4 aromatic rings. The molecule has 0 bridgehead atoms. The van der Waals surface area contributed by atoms with Crippen LogP contribution in [0.4, 0.5) is 15.8 Å². The van der Waals surface area contributed by atoms with Gasteiger partial charge in [-0.3, -0.25) is 24.3 Å². The predicted molar refractivity (Wildman–Crippen MR) is 120 cm³/mol. The van der Waals surface area contributed by atoms with Gasteiger partial charge < -0.3 is 5.32 Å². The van der Waals surface area contributed by atoms with Crippen LogP contribution in [0, 0.1) is 15.9 Å².